The first-order valence-corrected chi connectivity index (χ1v) is 9.55. The van der Waals surface area contributed by atoms with Crippen molar-refractivity contribution in [2.24, 2.45) is 0 Å². The van der Waals surface area contributed by atoms with Gasteiger partial charge in [0.05, 0.1) is 26.3 Å². The number of hydrogen-bond acceptors (Lipinski definition) is 6. The van der Waals surface area contributed by atoms with E-state index in [0.29, 0.717) is 17.1 Å². The van der Waals surface area contributed by atoms with Gasteiger partial charge >= 0.3 is 5.97 Å². The Labute approximate surface area is 179 Å². The van der Waals surface area contributed by atoms with Crippen LogP contribution in [-0.2, 0) is 19.1 Å². The van der Waals surface area contributed by atoms with Crippen LogP contribution < -0.4 is 15.0 Å². The lowest BCUT2D eigenvalue weighted by Crippen LogP contribution is -2.49. The Morgan fingerprint density at radius 3 is 2.40 bits per heavy atom. The third-order valence-corrected chi connectivity index (χ3v) is 4.98. The number of rotatable bonds is 6. The average Bonchev–Trinajstić information content (AvgIpc) is 3.06. The van der Waals surface area contributed by atoms with E-state index in [-0.39, 0.29) is 24.0 Å². The van der Waals surface area contributed by atoms with E-state index in [9.17, 15) is 14.4 Å². The van der Waals surface area contributed by atoms with E-state index in [0.717, 1.165) is 4.90 Å². The Morgan fingerprint density at radius 1 is 1.13 bits per heavy atom. The minimum absolute atomic E-state index is 0.113. The lowest BCUT2D eigenvalue weighted by Gasteiger charge is -2.29. The highest BCUT2D eigenvalue weighted by Crippen LogP contribution is 2.28. The molecular formula is C21H21N3O5S. The molecule has 0 aromatic heterocycles. The van der Waals surface area contributed by atoms with Crippen molar-refractivity contribution < 1.29 is 23.9 Å². The Balaban J connectivity index is 1.85. The number of esters is 1. The zero-order chi connectivity index (χ0) is 21.7. The molecule has 30 heavy (non-hydrogen) atoms. The maximum absolute atomic E-state index is 13.1. The van der Waals surface area contributed by atoms with Gasteiger partial charge in [-0.1, -0.05) is 18.2 Å². The fraction of sp³-hybridized carbons (Fsp3) is 0.238. The Bertz CT molecular complexity index is 949. The van der Waals surface area contributed by atoms with Crippen molar-refractivity contribution in [2.45, 2.75) is 12.5 Å². The molecule has 1 unspecified atom stereocenters. The zero-order valence-electron chi connectivity index (χ0n) is 16.5. The second-order valence-electron chi connectivity index (χ2n) is 6.49. The van der Waals surface area contributed by atoms with Gasteiger partial charge in [0.1, 0.15) is 18.3 Å². The number of carbonyl (C=O) groups excluding carboxylic acids is 3. The summed E-state index contributed by atoms with van der Waals surface area (Å²) in [5.74, 6) is -0.816. The van der Waals surface area contributed by atoms with Gasteiger partial charge in [0, 0.05) is 5.69 Å². The maximum Gasteiger partial charge on any atom is 0.325 e. The summed E-state index contributed by atoms with van der Waals surface area (Å²) >= 11 is 5.45. The molecule has 1 aliphatic rings. The second kappa shape index (κ2) is 9.36. The predicted octanol–water partition coefficient (Wildman–Crippen LogP) is 2.20. The summed E-state index contributed by atoms with van der Waals surface area (Å²) in [7, 11) is 2.78. The van der Waals surface area contributed by atoms with Crippen molar-refractivity contribution >= 4 is 46.5 Å². The van der Waals surface area contributed by atoms with Crippen LogP contribution in [0.25, 0.3) is 0 Å². The minimum Gasteiger partial charge on any atom is -0.497 e. The van der Waals surface area contributed by atoms with Crippen LogP contribution in [0.15, 0.2) is 54.6 Å². The smallest absolute Gasteiger partial charge is 0.325 e. The molecular weight excluding hydrogens is 406 g/mol. The number of hydrogen-bond donors (Lipinski definition) is 1. The van der Waals surface area contributed by atoms with Gasteiger partial charge in [0.15, 0.2) is 5.11 Å². The Hall–Kier alpha value is -3.46. The highest BCUT2D eigenvalue weighted by Gasteiger charge is 2.44. The molecule has 2 aromatic rings. The number of nitrogens with one attached hydrogen (secondary N) is 1. The molecule has 0 aliphatic carbocycles. The molecule has 3 rings (SSSR count). The normalized spacial score (nSPS) is 15.7. The molecule has 0 spiro atoms. The van der Waals surface area contributed by atoms with E-state index in [4.69, 9.17) is 21.7 Å². The summed E-state index contributed by atoms with van der Waals surface area (Å²) in [6.07, 6.45) is -0.113. The number of thiocarbonyl (C=S) groups is 1. The molecule has 2 aromatic carbocycles. The van der Waals surface area contributed by atoms with Crippen molar-refractivity contribution in [3.05, 3.63) is 54.6 Å². The van der Waals surface area contributed by atoms with Crippen LogP contribution in [-0.4, -0.2) is 54.6 Å². The largest absolute Gasteiger partial charge is 0.497 e. The summed E-state index contributed by atoms with van der Waals surface area (Å²) < 4.78 is 9.86. The summed E-state index contributed by atoms with van der Waals surface area (Å²) in [5.41, 5.74) is 1.12. The Kier molecular flexibility index (Phi) is 6.63. The third kappa shape index (κ3) is 4.57. The molecule has 1 N–H and O–H groups in total. The number of nitrogens with zero attached hydrogens (tertiary/aromatic N) is 2. The van der Waals surface area contributed by atoms with Crippen molar-refractivity contribution in [2.75, 3.05) is 31.0 Å². The first-order valence-electron chi connectivity index (χ1n) is 9.15. The van der Waals surface area contributed by atoms with Crippen LogP contribution in [0.1, 0.15) is 6.42 Å². The molecule has 0 saturated carbocycles. The molecule has 1 fully saturated rings. The van der Waals surface area contributed by atoms with Crippen molar-refractivity contribution in [3.63, 3.8) is 0 Å². The second-order valence-corrected chi connectivity index (χ2v) is 6.87. The molecule has 8 nitrogen and oxygen atoms in total. The number of ether oxygens (including phenoxy) is 2. The van der Waals surface area contributed by atoms with Gasteiger partial charge in [-0.05, 0) is 48.6 Å². The van der Waals surface area contributed by atoms with Gasteiger partial charge in [0.2, 0.25) is 5.91 Å². The number of amides is 2. The van der Waals surface area contributed by atoms with Crippen LogP contribution in [0, 0.1) is 0 Å². The maximum atomic E-state index is 13.1. The van der Waals surface area contributed by atoms with Gasteiger partial charge in [0.25, 0.3) is 5.91 Å². The topological polar surface area (TPSA) is 88.2 Å². The summed E-state index contributed by atoms with van der Waals surface area (Å²) in [6.45, 7) is -0.269. The number of anilines is 2. The first-order chi connectivity index (χ1) is 14.4. The van der Waals surface area contributed by atoms with Gasteiger partial charge in [-0.25, -0.2) is 4.90 Å². The fourth-order valence-electron chi connectivity index (χ4n) is 3.11. The van der Waals surface area contributed by atoms with E-state index >= 15 is 0 Å². The molecule has 1 atom stereocenters. The quantitative estimate of drug-likeness (QED) is 0.427. The lowest BCUT2D eigenvalue weighted by molar-refractivity contribution is -0.141. The van der Waals surface area contributed by atoms with E-state index in [2.05, 4.69) is 5.32 Å². The molecule has 9 heteroatoms. The summed E-state index contributed by atoms with van der Waals surface area (Å²) in [5, 5.41) is 3.15. The van der Waals surface area contributed by atoms with Crippen LogP contribution in [0.2, 0.25) is 0 Å². The monoisotopic (exact) mass is 427 g/mol. The van der Waals surface area contributed by atoms with Gasteiger partial charge < -0.3 is 19.7 Å². The first kappa shape index (κ1) is 21.3. The van der Waals surface area contributed by atoms with Gasteiger partial charge in [-0.15, -0.1) is 0 Å². The highest BCUT2D eigenvalue weighted by molar-refractivity contribution is 7.80. The van der Waals surface area contributed by atoms with E-state index in [1.54, 1.807) is 36.4 Å². The van der Waals surface area contributed by atoms with E-state index < -0.39 is 17.9 Å². The Morgan fingerprint density at radius 2 is 1.80 bits per heavy atom. The zero-order valence-corrected chi connectivity index (χ0v) is 17.3. The third-order valence-electron chi connectivity index (χ3n) is 4.64. The average molecular weight is 427 g/mol. The number of carbonyl (C=O) groups is 3. The van der Waals surface area contributed by atoms with Crippen LogP contribution in [0.3, 0.4) is 0 Å². The lowest BCUT2D eigenvalue weighted by atomic mass is 10.2. The molecule has 0 bridgehead atoms. The van der Waals surface area contributed by atoms with Crippen molar-refractivity contribution in [1.82, 2.24) is 4.90 Å². The molecule has 1 heterocycles. The van der Waals surface area contributed by atoms with Crippen molar-refractivity contribution in [1.29, 1.82) is 0 Å². The van der Waals surface area contributed by atoms with Crippen LogP contribution >= 0.6 is 12.2 Å². The number of imide groups is 1. The SMILES string of the molecule is COC(=O)CN(C(=S)Nc1ccccc1)C1CC(=O)N(c2ccc(OC)cc2)C1=O. The standard InChI is InChI=1S/C21H21N3O5S/c1-28-16-10-8-15(9-11-16)24-18(25)12-17(20(24)27)23(13-19(26)29-2)21(30)22-14-6-4-3-5-7-14/h3-11,17H,12-13H2,1-2H3,(H,22,30). The predicted molar refractivity (Wildman–Crippen MR) is 115 cm³/mol. The minimum atomic E-state index is -0.928. The molecule has 0 radical (unpaired) electrons. The number of methoxy groups -OCH3 is 2. The van der Waals surface area contributed by atoms with Crippen LogP contribution in [0.4, 0.5) is 11.4 Å². The van der Waals surface area contributed by atoms with Gasteiger partial charge in [-0.2, -0.15) is 0 Å². The number of benzene rings is 2. The van der Waals surface area contributed by atoms with E-state index in [1.807, 2.05) is 18.2 Å². The summed E-state index contributed by atoms with van der Waals surface area (Å²) in [6, 6.07) is 14.8. The molecule has 156 valence electrons. The molecule has 1 aliphatic heterocycles. The molecule has 1 saturated heterocycles. The van der Waals surface area contributed by atoms with E-state index in [1.165, 1.54) is 19.1 Å². The van der Waals surface area contributed by atoms with Crippen LogP contribution in [0.5, 0.6) is 5.75 Å². The number of para-hydroxylation sites is 1. The fourth-order valence-corrected chi connectivity index (χ4v) is 3.42. The highest BCUT2D eigenvalue weighted by atomic mass is 32.1. The summed E-state index contributed by atoms with van der Waals surface area (Å²) in [4.78, 5) is 40.2. The molecule has 2 amide bonds. The van der Waals surface area contributed by atoms with Crippen molar-refractivity contribution in [3.8, 4) is 5.75 Å². The van der Waals surface area contributed by atoms with Gasteiger partial charge in [-0.3, -0.25) is 14.4 Å².